The molecule has 104 valence electrons. The molecule has 2 rings (SSSR count). The number of halogens is 1. The van der Waals surface area contributed by atoms with Gasteiger partial charge < -0.3 is 10.2 Å². The van der Waals surface area contributed by atoms with Crippen molar-refractivity contribution in [3.8, 4) is 0 Å². The van der Waals surface area contributed by atoms with Crippen LogP contribution in [0.4, 0.5) is 11.4 Å². The fraction of sp³-hybridized carbons (Fsp3) is 0.533. The predicted octanol–water partition coefficient (Wildman–Crippen LogP) is 3.35. The topological polar surface area (TPSA) is 32.3 Å². The average molecular weight is 281 g/mol. The van der Waals surface area contributed by atoms with E-state index in [1.165, 1.54) is 6.42 Å². The second kappa shape index (κ2) is 6.29. The Morgan fingerprint density at radius 2 is 1.95 bits per heavy atom. The van der Waals surface area contributed by atoms with Crippen LogP contribution in [0.5, 0.6) is 0 Å². The van der Waals surface area contributed by atoms with Crippen molar-refractivity contribution >= 4 is 28.9 Å². The number of nitrogens with one attached hydrogen (secondary N) is 1. The van der Waals surface area contributed by atoms with Crippen molar-refractivity contribution in [3.63, 3.8) is 0 Å². The van der Waals surface area contributed by atoms with Gasteiger partial charge in [0.2, 0.25) is 5.91 Å². The molecule has 1 saturated heterocycles. The number of piperidine rings is 1. The van der Waals surface area contributed by atoms with Gasteiger partial charge in [-0.1, -0.05) is 26.0 Å². The summed E-state index contributed by atoms with van der Waals surface area (Å²) in [4.78, 5) is 13.8. The maximum atomic E-state index is 11.5. The van der Waals surface area contributed by atoms with Crippen LogP contribution in [-0.2, 0) is 4.79 Å². The van der Waals surface area contributed by atoms with Gasteiger partial charge in [0.25, 0.3) is 0 Å². The van der Waals surface area contributed by atoms with Crippen LogP contribution in [0.3, 0.4) is 0 Å². The zero-order valence-corrected chi connectivity index (χ0v) is 12.3. The molecule has 2 atom stereocenters. The molecule has 3 nitrogen and oxygen atoms in total. The van der Waals surface area contributed by atoms with Gasteiger partial charge in [-0.15, -0.1) is 11.6 Å². The Morgan fingerprint density at radius 3 is 2.58 bits per heavy atom. The van der Waals surface area contributed by atoms with E-state index in [0.717, 1.165) is 24.5 Å². The Labute approximate surface area is 119 Å². The Morgan fingerprint density at radius 1 is 1.32 bits per heavy atom. The van der Waals surface area contributed by atoms with E-state index in [2.05, 4.69) is 30.1 Å². The highest BCUT2D eigenvalue weighted by Gasteiger charge is 2.23. The number of amides is 1. The number of nitrogens with zero attached hydrogens (tertiary/aromatic N) is 1. The number of alkyl halides is 1. The molecular weight excluding hydrogens is 260 g/mol. The van der Waals surface area contributed by atoms with Crippen LogP contribution in [0.25, 0.3) is 0 Å². The van der Waals surface area contributed by atoms with Gasteiger partial charge in [0.15, 0.2) is 0 Å². The smallest absolute Gasteiger partial charge is 0.239 e. The maximum absolute atomic E-state index is 11.5. The second-order valence-corrected chi connectivity index (χ2v) is 5.82. The largest absolute Gasteiger partial charge is 0.369 e. The number of para-hydroxylation sites is 2. The zero-order chi connectivity index (χ0) is 13.8. The number of anilines is 2. The van der Waals surface area contributed by atoms with Gasteiger partial charge in [0.1, 0.15) is 5.88 Å². The van der Waals surface area contributed by atoms with E-state index in [1.54, 1.807) is 0 Å². The molecule has 1 aliphatic heterocycles. The standard InChI is InChI=1S/C15H21ClN2O/c1-11-7-12(2)10-18(9-11)14-6-4-3-5-13(14)17-15(19)8-16/h3-6,11-12H,7-10H2,1-2H3,(H,17,19)/t11-,12+. The molecule has 0 aromatic heterocycles. The molecule has 1 aliphatic rings. The minimum absolute atomic E-state index is 0.0128. The van der Waals surface area contributed by atoms with Crippen molar-refractivity contribution in [1.82, 2.24) is 0 Å². The number of rotatable bonds is 3. The fourth-order valence-electron chi connectivity index (χ4n) is 2.90. The quantitative estimate of drug-likeness (QED) is 0.861. The molecule has 0 saturated carbocycles. The molecule has 0 bridgehead atoms. The van der Waals surface area contributed by atoms with Crippen LogP contribution >= 0.6 is 11.6 Å². The van der Waals surface area contributed by atoms with Crippen LogP contribution in [0.15, 0.2) is 24.3 Å². The first-order chi connectivity index (χ1) is 9.10. The zero-order valence-electron chi connectivity index (χ0n) is 11.5. The minimum atomic E-state index is -0.160. The fourth-order valence-corrected chi connectivity index (χ4v) is 2.97. The maximum Gasteiger partial charge on any atom is 0.239 e. The van der Waals surface area contributed by atoms with Gasteiger partial charge in [0.05, 0.1) is 11.4 Å². The molecule has 1 aromatic carbocycles. The van der Waals surface area contributed by atoms with E-state index in [-0.39, 0.29) is 11.8 Å². The first-order valence-electron chi connectivity index (χ1n) is 6.80. The molecule has 1 N–H and O–H groups in total. The molecular formula is C15H21ClN2O. The summed E-state index contributed by atoms with van der Waals surface area (Å²) in [5.74, 6) is 1.19. The number of carbonyl (C=O) groups excluding carboxylic acids is 1. The lowest BCUT2D eigenvalue weighted by Crippen LogP contribution is -2.39. The monoisotopic (exact) mass is 280 g/mol. The van der Waals surface area contributed by atoms with Crippen molar-refractivity contribution in [2.24, 2.45) is 11.8 Å². The van der Waals surface area contributed by atoms with Crippen molar-refractivity contribution < 1.29 is 4.79 Å². The van der Waals surface area contributed by atoms with E-state index >= 15 is 0 Å². The number of carbonyl (C=O) groups is 1. The molecule has 1 aromatic rings. The molecule has 1 amide bonds. The normalized spacial score (nSPS) is 23.2. The number of hydrogen-bond donors (Lipinski definition) is 1. The molecule has 1 heterocycles. The molecule has 19 heavy (non-hydrogen) atoms. The second-order valence-electron chi connectivity index (χ2n) is 5.55. The summed E-state index contributed by atoms with van der Waals surface area (Å²) in [6.45, 7) is 6.64. The van der Waals surface area contributed by atoms with Gasteiger partial charge >= 0.3 is 0 Å². The van der Waals surface area contributed by atoms with Crippen LogP contribution in [0, 0.1) is 11.8 Å². The van der Waals surface area contributed by atoms with E-state index in [0.29, 0.717) is 11.8 Å². The summed E-state index contributed by atoms with van der Waals surface area (Å²) in [7, 11) is 0. The third-order valence-corrected chi connectivity index (χ3v) is 3.75. The molecule has 0 unspecified atom stereocenters. The average Bonchev–Trinajstić information content (AvgIpc) is 2.38. The van der Waals surface area contributed by atoms with Crippen molar-refractivity contribution in [2.75, 3.05) is 29.2 Å². The van der Waals surface area contributed by atoms with Crippen LogP contribution in [0.2, 0.25) is 0 Å². The molecule has 0 aliphatic carbocycles. The van der Waals surface area contributed by atoms with Gasteiger partial charge in [-0.05, 0) is 30.4 Å². The van der Waals surface area contributed by atoms with Crippen molar-refractivity contribution in [3.05, 3.63) is 24.3 Å². The van der Waals surface area contributed by atoms with Gasteiger partial charge in [-0.2, -0.15) is 0 Å². The first-order valence-corrected chi connectivity index (χ1v) is 7.33. The number of hydrogen-bond acceptors (Lipinski definition) is 2. The Hall–Kier alpha value is -1.22. The molecule has 0 radical (unpaired) electrons. The number of benzene rings is 1. The Bertz CT molecular complexity index is 440. The summed E-state index contributed by atoms with van der Waals surface area (Å²) >= 11 is 5.56. The lowest BCUT2D eigenvalue weighted by atomic mass is 9.91. The van der Waals surface area contributed by atoms with E-state index in [9.17, 15) is 4.79 Å². The van der Waals surface area contributed by atoms with E-state index in [4.69, 9.17) is 11.6 Å². The lowest BCUT2D eigenvalue weighted by molar-refractivity contribution is -0.113. The van der Waals surface area contributed by atoms with Crippen molar-refractivity contribution in [2.45, 2.75) is 20.3 Å². The van der Waals surface area contributed by atoms with Crippen LogP contribution in [0.1, 0.15) is 20.3 Å². The van der Waals surface area contributed by atoms with Crippen LogP contribution in [-0.4, -0.2) is 24.9 Å². The van der Waals surface area contributed by atoms with E-state index < -0.39 is 0 Å². The Balaban J connectivity index is 2.21. The molecule has 1 fully saturated rings. The first kappa shape index (κ1) is 14.2. The third-order valence-electron chi connectivity index (χ3n) is 3.51. The van der Waals surface area contributed by atoms with Gasteiger partial charge in [0, 0.05) is 13.1 Å². The minimum Gasteiger partial charge on any atom is -0.369 e. The lowest BCUT2D eigenvalue weighted by Gasteiger charge is -2.37. The summed E-state index contributed by atoms with van der Waals surface area (Å²) in [5.41, 5.74) is 1.95. The molecule has 0 spiro atoms. The van der Waals surface area contributed by atoms with Crippen molar-refractivity contribution in [1.29, 1.82) is 0 Å². The molecule has 4 heteroatoms. The highest BCUT2D eigenvalue weighted by atomic mass is 35.5. The summed E-state index contributed by atoms with van der Waals surface area (Å²) < 4.78 is 0. The SMILES string of the molecule is C[C@@H]1C[C@H](C)CN(c2ccccc2NC(=O)CCl)C1. The van der Waals surface area contributed by atoms with Gasteiger partial charge in [-0.3, -0.25) is 4.79 Å². The third kappa shape index (κ3) is 3.63. The van der Waals surface area contributed by atoms with Gasteiger partial charge in [-0.25, -0.2) is 0 Å². The summed E-state index contributed by atoms with van der Waals surface area (Å²) in [6, 6.07) is 7.94. The summed E-state index contributed by atoms with van der Waals surface area (Å²) in [5, 5.41) is 2.87. The van der Waals surface area contributed by atoms with Crippen LogP contribution < -0.4 is 10.2 Å². The highest BCUT2D eigenvalue weighted by molar-refractivity contribution is 6.29. The highest BCUT2D eigenvalue weighted by Crippen LogP contribution is 2.31. The summed E-state index contributed by atoms with van der Waals surface area (Å²) in [6.07, 6.45) is 1.27. The Kier molecular flexibility index (Phi) is 4.70. The van der Waals surface area contributed by atoms with E-state index in [1.807, 2.05) is 18.2 Å². The predicted molar refractivity (Wildman–Crippen MR) is 80.9 cm³/mol.